The number of aryl methyl sites for hydroxylation is 2. The highest BCUT2D eigenvalue weighted by molar-refractivity contribution is 6.31. The third-order valence-corrected chi connectivity index (χ3v) is 4.46. The molecule has 5 heteroatoms. The number of alkyl halides is 1. The van der Waals surface area contributed by atoms with Gasteiger partial charge in [0.2, 0.25) is 0 Å². The lowest BCUT2D eigenvalue weighted by Crippen LogP contribution is -2.34. The molecule has 1 aromatic rings. The van der Waals surface area contributed by atoms with Crippen LogP contribution in [0.2, 0.25) is 5.02 Å². The van der Waals surface area contributed by atoms with Crippen LogP contribution >= 0.6 is 23.2 Å². The molecule has 0 saturated carbocycles. The normalized spacial score (nSPS) is 18.4. The predicted octanol–water partition coefficient (Wildman–Crippen LogP) is 3.32. The number of piperidine rings is 1. The van der Waals surface area contributed by atoms with E-state index in [1.54, 1.807) is 0 Å². The Morgan fingerprint density at radius 3 is 2.50 bits per heavy atom. The van der Waals surface area contributed by atoms with Gasteiger partial charge in [0.25, 0.3) is 0 Å². The Labute approximate surface area is 119 Å². The van der Waals surface area contributed by atoms with Gasteiger partial charge in [-0.05, 0) is 39.3 Å². The molecule has 0 spiro atoms. The van der Waals surface area contributed by atoms with Crippen LogP contribution < -0.4 is 0 Å². The molecule has 0 unspecified atom stereocenters. The van der Waals surface area contributed by atoms with Gasteiger partial charge in [-0.25, -0.2) is 0 Å². The van der Waals surface area contributed by atoms with Gasteiger partial charge >= 0.3 is 0 Å². The van der Waals surface area contributed by atoms with Crippen molar-refractivity contribution < 1.29 is 0 Å². The van der Waals surface area contributed by atoms with Crippen LogP contribution in [-0.4, -0.2) is 33.1 Å². The smallest absolute Gasteiger partial charge is 0.0863 e. The highest BCUT2D eigenvalue weighted by Crippen LogP contribution is 2.25. The number of aromatic nitrogens is 2. The van der Waals surface area contributed by atoms with Crippen LogP contribution in [0.1, 0.15) is 38.1 Å². The first-order valence-electron chi connectivity index (χ1n) is 6.76. The molecular weight excluding hydrogens is 269 g/mol. The Kier molecular flexibility index (Phi) is 4.93. The molecule has 0 radical (unpaired) electrons. The van der Waals surface area contributed by atoms with Crippen molar-refractivity contribution in [2.24, 2.45) is 0 Å². The molecule has 2 rings (SSSR count). The zero-order valence-corrected chi connectivity index (χ0v) is 12.6. The van der Waals surface area contributed by atoms with Crippen molar-refractivity contribution in [3.63, 3.8) is 0 Å². The molecule has 0 N–H and O–H groups in total. The maximum Gasteiger partial charge on any atom is 0.0863 e. The molecule has 3 nitrogen and oxygen atoms in total. The van der Waals surface area contributed by atoms with E-state index in [-0.39, 0.29) is 0 Å². The van der Waals surface area contributed by atoms with Gasteiger partial charge in [0.1, 0.15) is 0 Å². The fourth-order valence-electron chi connectivity index (χ4n) is 2.44. The van der Waals surface area contributed by atoms with Crippen molar-refractivity contribution in [3.8, 4) is 0 Å². The molecular formula is C13H21Cl2N3. The van der Waals surface area contributed by atoms with Gasteiger partial charge in [0.05, 0.1) is 16.4 Å². The van der Waals surface area contributed by atoms with Crippen LogP contribution in [0.4, 0.5) is 0 Å². The minimum atomic E-state index is 0.346. The largest absolute Gasteiger partial charge is 0.297 e. The summed E-state index contributed by atoms with van der Waals surface area (Å²) < 4.78 is 2.04. The number of rotatable bonds is 4. The maximum absolute atomic E-state index is 6.42. The summed E-state index contributed by atoms with van der Waals surface area (Å²) in [6.07, 6.45) is 3.03. The summed E-state index contributed by atoms with van der Waals surface area (Å²) >= 11 is 12.6. The van der Waals surface area contributed by atoms with E-state index in [4.69, 9.17) is 23.2 Å². The minimum Gasteiger partial charge on any atom is -0.297 e. The van der Waals surface area contributed by atoms with Crippen LogP contribution in [0.15, 0.2) is 0 Å². The first-order valence-corrected chi connectivity index (χ1v) is 7.57. The number of halogens is 2. The number of hydrogen-bond donors (Lipinski definition) is 0. The predicted molar refractivity (Wildman–Crippen MR) is 76.4 cm³/mol. The summed E-state index contributed by atoms with van der Waals surface area (Å²) in [7, 11) is 0. The van der Waals surface area contributed by atoms with E-state index in [1.165, 1.54) is 0 Å². The number of likely N-dealkylation sites (tertiary alicyclic amines) is 1. The van der Waals surface area contributed by atoms with Crippen molar-refractivity contribution in [2.75, 3.05) is 13.1 Å². The molecule has 0 aliphatic carbocycles. The summed E-state index contributed by atoms with van der Waals surface area (Å²) in [6, 6.07) is 0. The summed E-state index contributed by atoms with van der Waals surface area (Å²) in [6.45, 7) is 8.08. The molecule has 102 valence electrons. The second kappa shape index (κ2) is 6.27. The fraction of sp³-hybridized carbons (Fsp3) is 0.769. The third-order valence-electron chi connectivity index (χ3n) is 3.58. The first kappa shape index (κ1) is 14.2. The van der Waals surface area contributed by atoms with Crippen LogP contribution in [0.25, 0.3) is 0 Å². The second-order valence-corrected chi connectivity index (χ2v) is 5.82. The molecule has 0 atom stereocenters. The zero-order valence-electron chi connectivity index (χ0n) is 11.1. The minimum absolute atomic E-state index is 0.346. The lowest BCUT2D eigenvalue weighted by molar-refractivity contribution is 0.217. The van der Waals surface area contributed by atoms with Crippen LogP contribution in [0.3, 0.4) is 0 Å². The van der Waals surface area contributed by atoms with Gasteiger partial charge in [-0.1, -0.05) is 18.5 Å². The Morgan fingerprint density at radius 2 is 1.94 bits per heavy atom. The van der Waals surface area contributed by atoms with Crippen LogP contribution in [0, 0.1) is 0 Å². The van der Waals surface area contributed by atoms with Gasteiger partial charge in [-0.2, -0.15) is 5.10 Å². The fourth-order valence-corrected chi connectivity index (χ4v) is 2.96. The Hall–Kier alpha value is -0.250. The maximum atomic E-state index is 6.42. The van der Waals surface area contributed by atoms with Crippen molar-refractivity contribution in [2.45, 2.75) is 51.6 Å². The van der Waals surface area contributed by atoms with Crippen LogP contribution in [0.5, 0.6) is 0 Å². The quantitative estimate of drug-likeness (QED) is 0.793. The highest BCUT2D eigenvalue weighted by atomic mass is 35.5. The topological polar surface area (TPSA) is 21.1 Å². The van der Waals surface area contributed by atoms with Gasteiger partial charge in [0.15, 0.2) is 0 Å². The molecule has 0 aromatic carbocycles. The summed E-state index contributed by atoms with van der Waals surface area (Å²) in [5.41, 5.74) is 2.17. The van der Waals surface area contributed by atoms with E-state index in [2.05, 4.69) is 23.8 Å². The van der Waals surface area contributed by atoms with E-state index in [0.29, 0.717) is 5.38 Å². The molecule has 1 aliphatic rings. The van der Waals surface area contributed by atoms with Crippen LogP contribution in [-0.2, 0) is 19.5 Å². The molecule has 1 aliphatic heterocycles. The van der Waals surface area contributed by atoms with Gasteiger partial charge in [-0.15, -0.1) is 11.6 Å². The number of nitrogens with zero attached hydrogens (tertiary/aromatic N) is 3. The first-order chi connectivity index (χ1) is 8.65. The standard InChI is InChI=1S/C13H21Cl2N3/c1-3-11-13(15)12(18(4-2)16-11)9-17-7-5-10(14)6-8-17/h10H,3-9H2,1-2H3. The van der Waals surface area contributed by atoms with Crippen molar-refractivity contribution in [3.05, 3.63) is 16.4 Å². The monoisotopic (exact) mass is 289 g/mol. The molecule has 1 saturated heterocycles. The van der Waals surface area contributed by atoms with E-state index in [9.17, 15) is 0 Å². The van der Waals surface area contributed by atoms with Gasteiger partial charge in [0, 0.05) is 18.5 Å². The number of hydrogen-bond acceptors (Lipinski definition) is 2. The zero-order chi connectivity index (χ0) is 13.1. The Bertz CT molecular complexity index is 395. The molecule has 0 amide bonds. The van der Waals surface area contributed by atoms with Gasteiger partial charge in [-0.3, -0.25) is 9.58 Å². The van der Waals surface area contributed by atoms with Crippen molar-refractivity contribution >= 4 is 23.2 Å². The molecule has 0 bridgehead atoms. The SMILES string of the molecule is CCc1nn(CC)c(CN2CCC(Cl)CC2)c1Cl. The van der Waals surface area contributed by atoms with E-state index < -0.39 is 0 Å². The Morgan fingerprint density at radius 1 is 1.28 bits per heavy atom. The average Bonchev–Trinajstić information content (AvgIpc) is 2.69. The lowest BCUT2D eigenvalue weighted by atomic mass is 10.1. The molecule has 1 fully saturated rings. The lowest BCUT2D eigenvalue weighted by Gasteiger charge is -2.29. The van der Waals surface area contributed by atoms with E-state index >= 15 is 0 Å². The molecule has 2 heterocycles. The summed E-state index contributed by atoms with van der Waals surface area (Å²) in [4.78, 5) is 2.42. The highest BCUT2D eigenvalue weighted by Gasteiger charge is 2.21. The third kappa shape index (κ3) is 3.01. The Balaban J connectivity index is 2.10. The summed E-state index contributed by atoms with van der Waals surface area (Å²) in [5.74, 6) is 0. The van der Waals surface area contributed by atoms with Gasteiger partial charge < -0.3 is 0 Å². The van der Waals surface area contributed by atoms with E-state index in [0.717, 1.165) is 61.9 Å². The van der Waals surface area contributed by atoms with Crippen molar-refractivity contribution in [1.29, 1.82) is 0 Å². The van der Waals surface area contributed by atoms with E-state index in [1.807, 2.05) is 4.68 Å². The molecule has 1 aromatic heterocycles. The second-order valence-electron chi connectivity index (χ2n) is 4.83. The average molecular weight is 290 g/mol. The molecule has 18 heavy (non-hydrogen) atoms. The summed E-state index contributed by atoms with van der Waals surface area (Å²) in [5, 5.41) is 5.76. The van der Waals surface area contributed by atoms with Crippen molar-refractivity contribution in [1.82, 2.24) is 14.7 Å².